The van der Waals surface area contributed by atoms with E-state index in [0.717, 1.165) is 6.07 Å². The molecule has 1 unspecified atom stereocenters. The summed E-state index contributed by atoms with van der Waals surface area (Å²) in [5.74, 6) is -2.03. The number of aromatic hydroxyl groups is 1. The maximum absolute atomic E-state index is 14.5. The van der Waals surface area contributed by atoms with Crippen LogP contribution in [0.4, 0.5) is 14.9 Å². The lowest BCUT2D eigenvalue weighted by atomic mass is 10.1. The molecule has 14 heteroatoms. The van der Waals surface area contributed by atoms with Crippen LogP contribution < -0.4 is 25.0 Å². The minimum Gasteiger partial charge on any atom is -0.506 e. The number of rotatable bonds is 4. The van der Waals surface area contributed by atoms with Crippen molar-refractivity contribution in [2.45, 2.75) is 12.6 Å². The Kier molecular flexibility index (Phi) is 5.63. The summed E-state index contributed by atoms with van der Waals surface area (Å²) in [6.45, 7) is 0.158. The normalized spacial score (nSPS) is 20.3. The Labute approximate surface area is 165 Å². The molecule has 12 nitrogen and oxygen atoms in total. The number of alkyl carbamates (subject to hydrolysis) is 1. The molecule has 1 saturated heterocycles. The number of nitrogens with one attached hydrogen (secondary N) is 4. The summed E-state index contributed by atoms with van der Waals surface area (Å²) in [5, 5.41) is 18.6. The van der Waals surface area contributed by atoms with Crippen LogP contribution in [-0.2, 0) is 26.3 Å². The number of ether oxygens (including phenoxy) is 1. The molecule has 0 aromatic heterocycles. The van der Waals surface area contributed by atoms with E-state index in [-0.39, 0.29) is 12.6 Å². The molecule has 2 aliphatic heterocycles. The van der Waals surface area contributed by atoms with Gasteiger partial charge in [0.15, 0.2) is 11.8 Å². The van der Waals surface area contributed by atoms with Crippen molar-refractivity contribution in [3.05, 3.63) is 23.5 Å². The molecular weight excluding hydrogens is 411 g/mol. The fourth-order valence-electron chi connectivity index (χ4n) is 2.80. The van der Waals surface area contributed by atoms with Crippen LogP contribution in [0.2, 0.25) is 0 Å². The number of aliphatic imine (C=N–C) groups is 1. The van der Waals surface area contributed by atoms with E-state index in [1.807, 2.05) is 0 Å². The van der Waals surface area contributed by atoms with Gasteiger partial charge in [0.1, 0.15) is 18.0 Å². The van der Waals surface area contributed by atoms with Gasteiger partial charge >= 0.3 is 16.3 Å². The molecule has 1 aromatic carbocycles. The smallest absolute Gasteiger partial charge is 0.407 e. The molecule has 29 heavy (non-hydrogen) atoms. The summed E-state index contributed by atoms with van der Waals surface area (Å²) in [7, 11) is -2.98. The number of halogens is 1. The topological polar surface area (TPSA) is 161 Å². The van der Waals surface area contributed by atoms with E-state index in [0.29, 0.717) is 28.9 Å². The molecule has 0 radical (unpaired) electrons. The zero-order valence-corrected chi connectivity index (χ0v) is 16.0. The number of nitrogens with zero attached hydrogens (tertiary/aromatic N) is 2. The van der Waals surface area contributed by atoms with Gasteiger partial charge in [-0.05, 0) is 17.7 Å². The van der Waals surface area contributed by atoms with Crippen LogP contribution in [0.15, 0.2) is 17.1 Å². The number of anilines is 1. The van der Waals surface area contributed by atoms with E-state index in [9.17, 15) is 27.5 Å². The Balaban J connectivity index is 1.65. The number of carbonyl (C=O) groups excluding carboxylic acids is 2. The van der Waals surface area contributed by atoms with Crippen LogP contribution in [-0.4, -0.2) is 64.3 Å². The maximum Gasteiger partial charge on any atom is 0.407 e. The first-order chi connectivity index (χ1) is 13.7. The van der Waals surface area contributed by atoms with Crippen molar-refractivity contribution in [2.75, 3.05) is 31.0 Å². The quantitative estimate of drug-likeness (QED) is 0.385. The number of amides is 2. The molecule has 0 spiro atoms. The van der Waals surface area contributed by atoms with Crippen LogP contribution >= 0.6 is 0 Å². The average molecular weight is 430 g/mol. The Bertz CT molecular complexity index is 945. The van der Waals surface area contributed by atoms with Crippen molar-refractivity contribution in [3.63, 3.8) is 0 Å². The van der Waals surface area contributed by atoms with Gasteiger partial charge in [-0.15, -0.1) is 0 Å². The first-order valence-electron chi connectivity index (χ1n) is 8.41. The molecular formula is C15H19FN6O6S. The van der Waals surface area contributed by atoms with Crippen molar-refractivity contribution < 1.29 is 32.2 Å². The van der Waals surface area contributed by atoms with Crippen molar-refractivity contribution in [1.82, 2.24) is 20.7 Å². The highest BCUT2D eigenvalue weighted by Gasteiger charge is 2.37. The fourth-order valence-corrected chi connectivity index (χ4v) is 3.97. The predicted molar refractivity (Wildman–Crippen MR) is 98.9 cm³/mol. The minimum atomic E-state index is -4.24. The summed E-state index contributed by atoms with van der Waals surface area (Å²) in [5.41, 5.74) is -0.282. The molecule has 0 saturated carbocycles. The number of phenolic OH excluding ortho intramolecular Hbond substituents is 1. The third-order valence-electron chi connectivity index (χ3n) is 4.13. The molecule has 2 aliphatic rings. The first-order valence-corrected chi connectivity index (χ1v) is 9.85. The van der Waals surface area contributed by atoms with Gasteiger partial charge < -0.3 is 25.8 Å². The van der Waals surface area contributed by atoms with Crippen LogP contribution in [0.5, 0.6) is 5.75 Å². The SMILES string of the molecule is COC(=O)NC1CN=C(NCc2cc(O)c(N3CC(=O)NS3(=O)=O)c(F)c2)NC1. The zero-order valence-electron chi connectivity index (χ0n) is 15.2. The number of guanidine groups is 1. The average Bonchev–Trinajstić information content (AvgIpc) is 2.92. The second-order valence-electron chi connectivity index (χ2n) is 6.24. The molecule has 1 fully saturated rings. The molecule has 1 atom stereocenters. The summed E-state index contributed by atoms with van der Waals surface area (Å²) in [6.07, 6.45) is -0.564. The lowest BCUT2D eigenvalue weighted by Gasteiger charge is -2.24. The molecule has 2 heterocycles. The second-order valence-corrected chi connectivity index (χ2v) is 7.83. The molecule has 1 aromatic rings. The third-order valence-corrected chi connectivity index (χ3v) is 5.50. The van der Waals surface area contributed by atoms with Crippen LogP contribution in [0.1, 0.15) is 5.56 Å². The molecule has 5 N–H and O–H groups in total. The van der Waals surface area contributed by atoms with Crippen LogP contribution in [0.25, 0.3) is 0 Å². The summed E-state index contributed by atoms with van der Waals surface area (Å²) in [4.78, 5) is 26.7. The maximum atomic E-state index is 14.5. The largest absolute Gasteiger partial charge is 0.506 e. The van der Waals surface area contributed by atoms with E-state index in [1.54, 1.807) is 4.72 Å². The van der Waals surface area contributed by atoms with E-state index >= 15 is 0 Å². The number of methoxy groups -OCH3 is 1. The molecule has 158 valence electrons. The first kappa shape index (κ1) is 20.4. The Morgan fingerprint density at radius 3 is 2.79 bits per heavy atom. The highest BCUT2D eigenvalue weighted by Crippen LogP contribution is 2.34. The number of hydrogen-bond donors (Lipinski definition) is 5. The van der Waals surface area contributed by atoms with E-state index in [4.69, 9.17) is 0 Å². The monoisotopic (exact) mass is 430 g/mol. The molecule has 0 aliphatic carbocycles. The minimum absolute atomic E-state index is 0.0790. The number of benzene rings is 1. The number of carbonyl (C=O) groups is 2. The second kappa shape index (κ2) is 7.98. The van der Waals surface area contributed by atoms with E-state index in [2.05, 4.69) is 25.7 Å². The molecule has 3 rings (SSSR count). The Hall–Kier alpha value is -3.29. The van der Waals surface area contributed by atoms with Gasteiger partial charge in [-0.3, -0.25) is 9.79 Å². The summed E-state index contributed by atoms with van der Waals surface area (Å²) >= 11 is 0. The van der Waals surface area contributed by atoms with Crippen molar-refractivity contribution >= 4 is 33.9 Å². The zero-order chi connectivity index (χ0) is 21.2. The Morgan fingerprint density at radius 1 is 1.48 bits per heavy atom. The molecule has 2 amide bonds. The van der Waals surface area contributed by atoms with Crippen LogP contribution in [0.3, 0.4) is 0 Å². The lowest BCUT2D eigenvalue weighted by molar-refractivity contribution is -0.117. The number of phenols is 1. The molecule has 0 bridgehead atoms. The summed E-state index contributed by atoms with van der Waals surface area (Å²) < 4.78 is 44.9. The Morgan fingerprint density at radius 2 is 2.24 bits per heavy atom. The fraction of sp³-hybridized carbons (Fsp3) is 0.400. The number of hydrogen-bond acceptors (Lipinski definition) is 9. The van der Waals surface area contributed by atoms with Gasteiger partial charge in [0.2, 0.25) is 0 Å². The lowest BCUT2D eigenvalue weighted by Crippen LogP contribution is -2.52. The van der Waals surface area contributed by atoms with Gasteiger partial charge in [0.05, 0.1) is 19.7 Å². The van der Waals surface area contributed by atoms with Crippen molar-refractivity contribution in [2.24, 2.45) is 4.99 Å². The highest BCUT2D eigenvalue weighted by atomic mass is 32.2. The van der Waals surface area contributed by atoms with Gasteiger partial charge in [-0.1, -0.05) is 0 Å². The van der Waals surface area contributed by atoms with E-state index in [1.165, 1.54) is 13.2 Å². The van der Waals surface area contributed by atoms with E-state index < -0.39 is 46.0 Å². The van der Waals surface area contributed by atoms with Crippen molar-refractivity contribution in [3.8, 4) is 5.75 Å². The highest BCUT2D eigenvalue weighted by molar-refractivity contribution is 7.92. The third kappa shape index (κ3) is 4.59. The van der Waals surface area contributed by atoms with Crippen molar-refractivity contribution in [1.29, 1.82) is 0 Å². The standard InChI is InChI=1S/C15H19FN6O6S/c1-28-15(25)20-9-5-18-14(19-6-9)17-4-8-2-10(16)13(11(23)3-8)22-7-12(24)21-29(22,26)27/h2-3,9,23H,4-7H2,1H3,(H,20,25)(H,21,24)(H2,17,18,19). The predicted octanol–water partition coefficient (Wildman–Crippen LogP) is -1.51. The van der Waals surface area contributed by atoms with Gasteiger partial charge in [-0.25, -0.2) is 18.2 Å². The van der Waals surface area contributed by atoms with Gasteiger partial charge in [0.25, 0.3) is 5.91 Å². The summed E-state index contributed by atoms with van der Waals surface area (Å²) in [6, 6.07) is 1.99. The van der Waals surface area contributed by atoms with Gasteiger partial charge in [-0.2, -0.15) is 8.42 Å². The van der Waals surface area contributed by atoms with Crippen LogP contribution in [0, 0.1) is 5.82 Å². The van der Waals surface area contributed by atoms with Gasteiger partial charge in [0, 0.05) is 13.1 Å².